The predicted octanol–water partition coefficient (Wildman–Crippen LogP) is 3.36. The van der Waals surface area contributed by atoms with Crippen molar-refractivity contribution in [2.24, 2.45) is 0 Å². The predicted molar refractivity (Wildman–Crippen MR) is 66.4 cm³/mol. The zero-order valence-electron chi connectivity index (χ0n) is 8.86. The molecular formula is C11H14N2S2. The summed E-state index contributed by atoms with van der Waals surface area (Å²) in [5.41, 5.74) is 2.46. The molecule has 2 aromatic heterocycles. The van der Waals surface area contributed by atoms with E-state index in [1.807, 2.05) is 6.92 Å². The molecule has 0 aromatic carbocycles. The van der Waals surface area contributed by atoms with Crippen LogP contribution >= 0.6 is 22.7 Å². The first-order chi connectivity index (χ1) is 7.25. The largest absolute Gasteiger partial charge is 0.304 e. The van der Waals surface area contributed by atoms with Crippen LogP contribution in [0.25, 0.3) is 0 Å². The van der Waals surface area contributed by atoms with Crippen LogP contribution in [0.15, 0.2) is 22.2 Å². The summed E-state index contributed by atoms with van der Waals surface area (Å²) in [5, 5.41) is 11.0. The highest BCUT2D eigenvalue weighted by atomic mass is 32.1. The summed E-state index contributed by atoms with van der Waals surface area (Å²) in [7, 11) is 0. The normalized spacial score (nSPS) is 12.9. The molecule has 80 valence electrons. The molecule has 2 rings (SSSR count). The molecule has 0 aliphatic rings. The summed E-state index contributed by atoms with van der Waals surface area (Å²) in [5.74, 6) is 0. The fourth-order valence-electron chi connectivity index (χ4n) is 1.32. The Kier molecular flexibility index (Phi) is 3.51. The van der Waals surface area contributed by atoms with Gasteiger partial charge in [0.05, 0.1) is 6.04 Å². The maximum atomic E-state index is 4.47. The second-order valence-corrected chi connectivity index (χ2v) is 5.23. The van der Waals surface area contributed by atoms with Gasteiger partial charge in [-0.05, 0) is 36.2 Å². The van der Waals surface area contributed by atoms with Gasteiger partial charge in [-0.1, -0.05) is 0 Å². The van der Waals surface area contributed by atoms with E-state index >= 15 is 0 Å². The van der Waals surface area contributed by atoms with Crippen LogP contribution in [0.2, 0.25) is 0 Å². The van der Waals surface area contributed by atoms with Gasteiger partial charge in [0.15, 0.2) is 0 Å². The Morgan fingerprint density at radius 3 is 2.93 bits per heavy atom. The third kappa shape index (κ3) is 2.87. The van der Waals surface area contributed by atoms with E-state index in [1.165, 1.54) is 10.6 Å². The standard InChI is InChI=1S/C11H14N2S2/c1-8-6-15-11(13-8)9(2)12-5-10-3-4-14-7-10/h3-4,6-7,9,12H,5H2,1-2H3. The topological polar surface area (TPSA) is 24.9 Å². The van der Waals surface area contributed by atoms with Crippen LogP contribution in [-0.2, 0) is 6.54 Å². The van der Waals surface area contributed by atoms with Crippen LogP contribution in [0.5, 0.6) is 0 Å². The highest BCUT2D eigenvalue weighted by molar-refractivity contribution is 7.09. The lowest BCUT2D eigenvalue weighted by Gasteiger charge is -2.09. The summed E-state index contributed by atoms with van der Waals surface area (Å²) in [6, 6.07) is 2.49. The Bertz CT molecular complexity index is 406. The zero-order chi connectivity index (χ0) is 10.7. The van der Waals surface area contributed by atoms with Crippen molar-refractivity contribution < 1.29 is 0 Å². The minimum Gasteiger partial charge on any atom is -0.304 e. The molecule has 2 aromatic rings. The van der Waals surface area contributed by atoms with E-state index < -0.39 is 0 Å². The molecule has 0 amide bonds. The van der Waals surface area contributed by atoms with E-state index in [0.717, 1.165) is 12.2 Å². The molecule has 0 bridgehead atoms. The summed E-state index contributed by atoms with van der Waals surface area (Å²) in [4.78, 5) is 4.47. The SMILES string of the molecule is Cc1csc(C(C)NCc2ccsc2)n1. The van der Waals surface area contributed by atoms with E-state index in [0.29, 0.717) is 6.04 Å². The molecular weight excluding hydrogens is 224 g/mol. The van der Waals surface area contributed by atoms with Crippen molar-refractivity contribution in [3.8, 4) is 0 Å². The van der Waals surface area contributed by atoms with Gasteiger partial charge in [0.1, 0.15) is 5.01 Å². The van der Waals surface area contributed by atoms with Gasteiger partial charge in [-0.25, -0.2) is 4.98 Å². The quantitative estimate of drug-likeness (QED) is 0.883. The fourth-order valence-corrected chi connectivity index (χ4v) is 2.82. The van der Waals surface area contributed by atoms with E-state index in [4.69, 9.17) is 0 Å². The molecule has 0 radical (unpaired) electrons. The zero-order valence-corrected chi connectivity index (χ0v) is 10.5. The van der Waals surface area contributed by atoms with Gasteiger partial charge in [-0.15, -0.1) is 11.3 Å². The number of hydrogen-bond donors (Lipinski definition) is 1. The van der Waals surface area contributed by atoms with E-state index in [9.17, 15) is 0 Å². The molecule has 0 saturated carbocycles. The lowest BCUT2D eigenvalue weighted by Crippen LogP contribution is -2.17. The second kappa shape index (κ2) is 4.88. The van der Waals surface area contributed by atoms with Crippen LogP contribution in [-0.4, -0.2) is 4.98 Å². The number of nitrogens with one attached hydrogen (secondary N) is 1. The average molecular weight is 238 g/mol. The van der Waals surface area contributed by atoms with Crippen molar-refractivity contribution in [1.82, 2.24) is 10.3 Å². The monoisotopic (exact) mass is 238 g/mol. The molecule has 0 fully saturated rings. The third-order valence-electron chi connectivity index (χ3n) is 2.20. The number of thiazole rings is 1. The highest BCUT2D eigenvalue weighted by Crippen LogP contribution is 2.18. The van der Waals surface area contributed by atoms with Crippen LogP contribution < -0.4 is 5.32 Å². The molecule has 0 saturated heterocycles. The molecule has 15 heavy (non-hydrogen) atoms. The fraction of sp³-hybridized carbons (Fsp3) is 0.364. The van der Waals surface area contributed by atoms with Gasteiger partial charge >= 0.3 is 0 Å². The van der Waals surface area contributed by atoms with Crippen molar-refractivity contribution in [2.75, 3.05) is 0 Å². The molecule has 2 heterocycles. The van der Waals surface area contributed by atoms with Crippen molar-refractivity contribution >= 4 is 22.7 Å². The third-order valence-corrected chi connectivity index (χ3v) is 4.08. The minimum atomic E-state index is 0.337. The van der Waals surface area contributed by atoms with Crippen molar-refractivity contribution in [3.05, 3.63) is 38.5 Å². The van der Waals surface area contributed by atoms with Gasteiger partial charge in [0.25, 0.3) is 0 Å². The Balaban J connectivity index is 1.90. The Morgan fingerprint density at radius 1 is 1.47 bits per heavy atom. The molecule has 0 spiro atoms. The van der Waals surface area contributed by atoms with Gasteiger partial charge in [0, 0.05) is 17.6 Å². The maximum absolute atomic E-state index is 4.47. The molecule has 0 aliphatic heterocycles. The van der Waals surface area contributed by atoms with Crippen molar-refractivity contribution in [1.29, 1.82) is 0 Å². The molecule has 2 nitrogen and oxygen atoms in total. The maximum Gasteiger partial charge on any atom is 0.110 e. The molecule has 0 aliphatic carbocycles. The average Bonchev–Trinajstić information content (AvgIpc) is 2.84. The number of aromatic nitrogens is 1. The first-order valence-corrected chi connectivity index (χ1v) is 6.74. The minimum absolute atomic E-state index is 0.337. The van der Waals surface area contributed by atoms with Crippen LogP contribution in [0.4, 0.5) is 0 Å². The lowest BCUT2D eigenvalue weighted by molar-refractivity contribution is 0.572. The highest BCUT2D eigenvalue weighted by Gasteiger charge is 2.08. The first kappa shape index (κ1) is 10.8. The van der Waals surface area contributed by atoms with E-state index in [-0.39, 0.29) is 0 Å². The van der Waals surface area contributed by atoms with Crippen LogP contribution in [0, 0.1) is 6.92 Å². The first-order valence-electron chi connectivity index (χ1n) is 4.92. The summed E-state index contributed by atoms with van der Waals surface area (Å²) >= 11 is 3.46. The number of thiophene rings is 1. The number of aryl methyl sites for hydroxylation is 1. The van der Waals surface area contributed by atoms with Crippen LogP contribution in [0.1, 0.15) is 29.2 Å². The summed E-state index contributed by atoms with van der Waals surface area (Å²) in [6.45, 7) is 5.11. The lowest BCUT2D eigenvalue weighted by atomic mass is 10.3. The van der Waals surface area contributed by atoms with Gasteiger partial charge in [-0.3, -0.25) is 0 Å². The summed E-state index contributed by atoms with van der Waals surface area (Å²) < 4.78 is 0. The molecule has 1 atom stereocenters. The van der Waals surface area contributed by atoms with Crippen molar-refractivity contribution in [2.45, 2.75) is 26.4 Å². The number of hydrogen-bond acceptors (Lipinski definition) is 4. The van der Waals surface area contributed by atoms with Crippen molar-refractivity contribution in [3.63, 3.8) is 0 Å². The van der Waals surface area contributed by atoms with Gasteiger partial charge in [-0.2, -0.15) is 11.3 Å². The summed E-state index contributed by atoms with van der Waals surface area (Å²) in [6.07, 6.45) is 0. The van der Waals surface area contributed by atoms with Gasteiger partial charge < -0.3 is 5.32 Å². The Labute approximate surface area is 98.0 Å². The van der Waals surface area contributed by atoms with Gasteiger partial charge in [0.2, 0.25) is 0 Å². The molecule has 4 heteroatoms. The Hall–Kier alpha value is -0.710. The molecule has 1 unspecified atom stereocenters. The second-order valence-electron chi connectivity index (χ2n) is 3.56. The molecule has 1 N–H and O–H groups in total. The van der Waals surface area contributed by atoms with E-state index in [2.05, 4.69) is 39.4 Å². The number of rotatable bonds is 4. The van der Waals surface area contributed by atoms with E-state index in [1.54, 1.807) is 22.7 Å². The Morgan fingerprint density at radius 2 is 2.33 bits per heavy atom. The smallest absolute Gasteiger partial charge is 0.110 e. The van der Waals surface area contributed by atoms with Crippen LogP contribution in [0.3, 0.4) is 0 Å². The number of nitrogens with zero attached hydrogens (tertiary/aromatic N) is 1.